The molecule has 0 spiro atoms. The van der Waals surface area contributed by atoms with E-state index in [-0.39, 0.29) is 12.1 Å². The largest absolute Gasteiger partial charge is 0.435 e. The molecule has 1 fully saturated rings. The van der Waals surface area contributed by atoms with Crippen LogP contribution in [0.3, 0.4) is 0 Å². The molecule has 3 rings (SSSR count). The zero-order chi connectivity index (χ0) is 19.4. The molecule has 3 heterocycles. The Morgan fingerprint density at radius 3 is 2.63 bits per heavy atom. The van der Waals surface area contributed by atoms with Crippen molar-refractivity contribution >= 4 is 22.3 Å². The molecule has 2 aromatic heterocycles. The fourth-order valence-corrected chi connectivity index (χ4v) is 3.85. The second kappa shape index (κ2) is 8.20. The van der Waals surface area contributed by atoms with Crippen molar-refractivity contribution in [3.8, 4) is 0 Å². The van der Waals surface area contributed by atoms with Gasteiger partial charge in [0.15, 0.2) is 11.7 Å². The zero-order valence-electron chi connectivity index (χ0n) is 15.3. The number of aryl methyl sites for hydroxylation is 1. The van der Waals surface area contributed by atoms with E-state index in [2.05, 4.69) is 36.7 Å². The van der Waals surface area contributed by atoms with E-state index in [9.17, 15) is 13.2 Å². The van der Waals surface area contributed by atoms with Crippen LogP contribution in [0.15, 0.2) is 28.7 Å². The van der Waals surface area contributed by atoms with E-state index >= 15 is 0 Å². The van der Waals surface area contributed by atoms with E-state index in [1.807, 2.05) is 13.0 Å². The predicted octanol–water partition coefficient (Wildman–Crippen LogP) is 2.79. The van der Waals surface area contributed by atoms with Gasteiger partial charge in [-0.05, 0) is 24.4 Å². The van der Waals surface area contributed by atoms with E-state index in [0.717, 1.165) is 26.2 Å². The molecule has 0 atom stereocenters. The van der Waals surface area contributed by atoms with Gasteiger partial charge in [-0.2, -0.15) is 18.3 Å². The third kappa shape index (κ3) is 4.74. The van der Waals surface area contributed by atoms with Crippen molar-refractivity contribution < 1.29 is 13.2 Å². The summed E-state index contributed by atoms with van der Waals surface area (Å²) in [6.45, 7) is 5.78. The summed E-state index contributed by atoms with van der Waals surface area (Å²) in [5.41, 5.74) is -0.787. The first-order valence-electron chi connectivity index (χ1n) is 8.80. The van der Waals surface area contributed by atoms with Gasteiger partial charge in [-0.3, -0.25) is 4.68 Å². The molecule has 1 saturated heterocycles. The Morgan fingerprint density at radius 2 is 2.04 bits per heavy atom. The molecular formula is C17H23F3N6S. The third-order valence-electron chi connectivity index (χ3n) is 4.30. The average Bonchev–Trinajstić information content (AvgIpc) is 3.28. The van der Waals surface area contributed by atoms with Crippen LogP contribution in [0, 0.1) is 0 Å². The Labute approximate surface area is 160 Å². The maximum Gasteiger partial charge on any atom is 0.435 e. The van der Waals surface area contributed by atoms with Crippen molar-refractivity contribution in [2.24, 2.45) is 12.0 Å². The summed E-state index contributed by atoms with van der Waals surface area (Å²) >= 11 is 1.71. The van der Waals surface area contributed by atoms with Gasteiger partial charge in [0.1, 0.15) is 0 Å². The van der Waals surface area contributed by atoms with Crippen molar-refractivity contribution in [3.05, 3.63) is 35.0 Å². The van der Waals surface area contributed by atoms with Gasteiger partial charge in [0, 0.05) is 51.5 Å². The maximum absolute atomic E-state index is 13.1. The lowest BCUT2D eigenvalue weighted by molar-refractivity contribution is -0.142. The van der Waals surface area contributed by atoms with Crippen LogP contribution < -0.4 is 10.2 Å². The quantitative estimate of drug-likeness (QED) is 0.633. The number of halogens is 3. The van der Waals surface area contributed by atoms with Crippen molar-refractivity contribution in [1.82, 2.24) is 20.0 Å². The first kappa shape index (κ1) is 19.5. The highest BCUT2D eigenvalue weighted by atomic mass is 32.1. The topological polar surface area (TPSA) is 48.7 Å². The number of aromatic nitrogens is 2. The lowest BCUT2D eigenvalue weighted by Gasteiger charge is -2.37. The second-order valence-electron chi connectivity index (χ2n) is 6.27. The Balaban J connectivity index is 1.69. The van der Waals surface area contributed by atoms with Crippen molar-refractivity contribution in [2.75, 3.05) is 37.6 Å². The Kier molecular flexibility index (Phi) is 5.93. The van der Waals surface area contributed by atoms with Crippen LogP contribution in [-0.2, 0) is 19.8 Å². The Morgan fingerprint density at radius 1 is 1.30 bits per heavy atom. The predicted molar refractivity (Wildman–Crippen MR) is 101 cm³/mol. The molecular weight excluding hydrogens is 377 g/mol. The standard InChI is InChI=1S/C17H23F3N6S/c1-3-21-16(22-11-13-12-24(2)23-15(13)17(18,19)20)26-8-6-25(7-9-26)14-5-4-10-27-14/h4-5,10,12H,3,6-9,11H2,1-2H3,(H,21,22). The number of guanidine groups is 1. The number of rotatable bonds is 4. The van der Waals surface area contributed by atoms with E-state index in [1.165, 1.54) is 22.9 Å². The number of nitrogens with zero attached hydrogens (tertiary/aromatic N) is 5. The van der Waals surface area contributed by atoms with Crippen LogP contribution in [-0.4, -0.2) is 53.4 Å². The fraction of sp³-hybridized carbons (Fsp3) is 0.529. The molecule has 0 aliphatic carbocycles. The number of thiophene rings is 1. The molecule has 2 aromatic rings. The van der Waals surface area contributed by atoms with Crippen molar-refractivity contribution in [2.45, 2.75) is 19.6 Å². The van der Waals surface area contributed by atoms with Crippen molar-refractivity contribution in [3.63, 3.8) is 0 Å². The van der Waals surface area contributed by atoms with Gasteiger partial charge < -0.3 is 15.1 Å². The number of piperazine rings is 1. The number of anilines is 1. The Hall–Kier alpha value is -2.23. The summed E-state index contributed by atoms with van der Waals surface area (Å²) in [5, 5.41) is 10.0. The van der Waals surface area contributed by atoms with Gasteiger partial charge in [0.25, 0.3) is 0 Å². The van der Waals surface area contributed by atoms with Crippen LogP contribution in [0.4, 0.5) is 18.2 Å². The summed E-state index contributed by atoms with van der Waals surface area (Å²) in [7, 11) is 1.48. The van der Waals surface area contributed by atoms with E-state index < -0.39 is 11.9 Å². The van der Waals surface area contributed by atoms with Crippen molar-refractivity contribution in [1.29, 1.82) is 0 Å². The highest BCUT2D eigenvalue weighted by Crippen LogP contribution is 2.31. The van der Waals surface area contributed by atoms with Gasteiger partial charge in [0.2, 0.25) is 0 Å². The highest BCUT2D eigenvalue weighted by Gasteiger charge is 2.36. The van der Waals surface area contributed by atoms with Gasteiger partial charge in [-0.15, -0.1) is 11.3 Å². The fourth-order valence-electron chi connectivity index (χ4n) is 3.07. The molecule has 0 unspecified atom stereocenters. The summed E-state index contributed by atoms with van der Waals surface area (Å²) in [4.78, 5) is 8.85. The number of nitrogens with one attached hydrogen (secondary N) is 1. The number of alkyl halides is 3. The number of hydrogen-bond donors (Lipinski definition) is 1. The first-order chi connectivity index (χ1) is 12.9. The van der Waals surface area contributed by atoms with Gasteiger partial charge >= 0.3 is 6.18 Å². The molecule has 6 nitrogen and oxygen atoms in total. The van der Waals surface area contributed by atoms with Gasteiger partial charge in [-0.1, -0.05) is 0 Å². The molecule has 1 aliphatic heterocycles. The van der Waals surface area contributed by atoms with Crippen LogP contribution in [0.2, 0.25) is 0 Å². The molecule has 1 N–H and O–H groups in total. The van der Waals surface area contributed by atoms with E-state index in [4.69, 9.17) is 0 Å². The van der Waals surface area contributed by atoms with E-state index in [0.29, 0.717) is 12.5 Å². The zero-order valence-corrected chi connectivity index (χ0v) is 16.1. The number of aliphatic imine (C=N–C) groups is 1. The van der Waals surface area contributed by atoms with Gasteiger partial charge in [-0.25, -0.2) is 4.99 Å². The molecule has 27 heavy (non-hydrogen) atoms. The third-order valence-corrected chi connectivity index (χ3v) is 5.23. The van der Waals surface area contributed by atoms with Crippen LogP contribution >= 0.6 is 11.3 Å². The van der Waals surface area contributed by atoms with Crippen LogP contribution in [0.5, 0.6) is 0 Å². The van der Waals surface area contributed by atoms with E-state index in [1.54, 1.807) is 11.3 Å². The molecule has 0 saturated carbocycles. The molecule has 0 bridgehead atoms. The summed E-state index contributed by atoms with van der Waals surface area (Å²) in [5.74, 6) is 0.639. The Bertz CT molecular complexity index is 760. The molecule has 10 heteroatoms. The molecule has 0 aromatic carbocycles. The lowest BCUT2D eigenvalue weighted by atomic mass is 10.2. The van der Waals surface area contributed by atoms with Crippen LogP contribution in [0.1, 0.15) is 18.2 Å². The lowest BCUT2D eigenvalue weighted by Crippen LogP contribution is -2.52. The second-order valence-corrected chi connectivity index (χ2v) is 7.20. The SMILES string of the molecule is CCNC(=NCc1cn(C)nc1C(F)(F)F)N1CCN(c2cccs2)CC1. The summed E-state index contributed by atoms with van der Waals surface area (Å²) in [6.07, 6.45) is -3.10. The minimum atomic E-state index is -4.48. The summed E-state index contributed by atoms with van der Waals surface area (Å²) < 4.78 is 40.5. The smallest absolute Gasteiger partial charge is 0.360 e. The summed E-state index contributed by atoms with van der Waals surface area (Å²) in [6, 6.07) is 4.13. The monoisotopic (exact) mass is 400 g/mol. The minimum absolute atomic E-state index is 0.0594. The average molecular weight is 400 g/mol. The normalized spacial score (nSPS) is 16.1. The molecule has 148 valence electrons. The van der Waals surface area contributed by atoms with Gasteiger partial charge in [0.05, 0.1) is 11.5 Å². The number of hydrogen-bond acceptors (Lipinski definition) is 4. The first-order valence-corrected chi connectivity index (χ1v) is 9.68. The highest BCUT2D eigenvalue weighted by molar-refractivity contribution is 7.14. The van der Waals surface area contributed by atoms with Crippen LogP contribution in [0.25, 0.3) is 0 Å². The minimum Gasteiger partial charge on any atom is -0.360 e. The molecule has 1 aliphatic rings. The molecule has 0 radical (unpaired) electrons. The molecule has 0 amide bonds. The maximum atomic E-state index is 13.1.